The Balaban J connectivity index is 2.86. The molecule has 0 spiro atoms. The van der Waals surface area contributed by atoms with Gasteiger partial charge in [-0.3, -0.25) is 0 Å². The average molecular weight is 138 g/mol. The fourth-order valence-corrected chi connectivity index (χ4v) is 0.842. The number of hydroxylamine groups is 3. The standard InChI is InChI=1S/C8H12NO/c1-4-9(3)7-8(2)5-6-10-9/h4-7H,1H2,2-3H3/q+1. The van der Waals surface area contributed by atoms with Crippen molar-refractivity contribution in [3.05, 3.63) is 36.9 Å². The molecule has 0 saturated carbocycles. The van der Waals surface area contributed by atoms with E-state index in [0.29, 0.717) is 4.65 Å². The molecule has 0 saturated heterocycles. The molecule has 0 N–H and O–H groups in total. The van der Waals surface area contributed by atoms with Crippen LogP contribution < -0.4 is 0 Å². The molecule has 0 aromatic carbocycles. The van der Waals surface area contributed by atoms with Crippen LogP contribution in [0, 0.1) is 0 Å². The van der Waals surface area contributed by atoms with Gasteiger partial charge in [0.05, 0.1) is 0 Å². The highest BCUT2D eigenvalue weighted by Crippen LogP contribution is 2.15. The molecule has 1 aliphatic rings. The van der Waals surface area contributed by atoms with Crippen LogP contribution in [-0.4, -0.2) is 11.7 Å². The second-order valence-corrected chi connectivity index (χ2v) is 2.52. The number of nitrogens with zero attached hydrogens (tertiary/aromatic N) is 1. The van der Waals surface area contributed by atoms with Crippen LogP contribution in [0.25, 0.3) is 0 Å². The number of quaternary nitrogens is 1. The fraction of sp³-hybridized carbons (Fsp3) is 0.250. The zero-order valence-electron chi connectivity index (χ0n) is 6.37. The Hall–Kier alpha value is -1.02. The van der Waals surface area contributed by atoms with Gasteiger partial charge in [-0.1, -0.05) is 4.65 Å². The van der Waals surface area contributed by atoms with Gasteiger partial charge in [0.15, 0.2) is 6.26 Å². The first-order chi connectivity index (χ1) is 4.66. The Bertz CT molecular complexity index is 205. The Morgan fingerprint density at radius 2 is 2.40 bits per heavy atom. The van der Waals surface area contributed by atoms with E-state index < -0.39 is 0 Å². The van der Waals surface area contributed by atoms with Crippen molar-refractivity contribution in [1.29, 1.82) is 0 Å². The van der Waals surface area contributed by atoms with Gasteiger partial charge in [-0.05, 0) is 19.6 Å². The molecule has 1 atom stereocenters. The van der Waals surface area contributed by atoms with Gasteiger partial charge in [-0.2, -0.15) is 0 Å². The van der Waals surface area contributed by atoms with E-state index in [9.17, 15) is 0 Å². The summed E-state index contributed by atoms with van der Waals surface area (Å²) in [5.74, 6) is 0. The lowest BCUT2D eigenvalue weighted by Crippen LogP contribution is -2.31. The Kier molecular flexibility index (Phi) is 1.64. The summed E-state index contributed by atoms with van der Waals surface area (Å²) in [6.07, 6.45) is 7.31. The van der Waals surface area contributed by atoms with Gasteiger partial charge in [-0.25, -0.2) is 0 Å². The number of rotatable bonds is 1. The third-order valence-electron chi connectivity index (χ3n) is 1.44. The Morgan fingerprint density at radius 1 is 1.70 bits per heavy atom. The molecule has 10 heavy (non-hydrogen) atoms. The first-order valence-electron chi connectivity index (χ1n) is 3.20. The third kappa shape index (κ3) is 1.28. The summed E-state index contributed by atoms with van der Waals surface area (Å²) < 4.78 is 0.322. The van der Waals surface area contributed by atoms with Crippen LogP contribution in [0.15, 0.2) is 36.9 Å². The second kappa shape index (κ2) is 2.31. The molecule has 2 nitrogen and oxygen atoms in total. The van der Waals surface area contributed by atoms with Crippen molar-refractivity contribution in [2.24, 2.45) is 0 Å². The minimum absolute atomic E-state index is 0.322. The molecule has 1 aliphatic heterocycles. The van der Waals surface area contributed by atoms with Crippen LogP contribution in [-0.2, 0) is 4.84 Å². The average Bonchev–Trinajstić information content (AvgIpc) is 1.88. The maximum Gasteiger partial charge on any atom is 0.156 e. The van der Waals surface area contributed by atoms with Crippen LogP contribution in [0.2, 0.25) is 0 Å². The molecule has 0 fully saturated rings. The van der Waals surface area contributed by atoms with Gasteiger partial charge in [0.1, 0.15) is 19.4 Å². The molecular formula is C8H12NO+. The monoisotopic (exact) mass is 138 g/mol. The zero-order valence-corrected chi connectivity index (χ0v) is 6.37. The predicted molar refractivity (Wildman–Crippen MR) is 40.4 cm³/mol. The number of hydrogen-bond acceptors (Lipinski definition) is 1. The highest BCUT2D eigenvalue weighted by molar-refractivity contribution is 5.12. The minimum Gasteiger partial charge on any atom is -0.313 e. The summed E-state index contributed by atoms with van der Waals surface area (Å²) in [5, 5.41) is 0. The molecule has 0 radical (unpaired) electrons. The maximum absolute atomic E-state index is 5.25. The topological polar surface area (TPSA) is 9.23 Å². The summed E-state index contributed by atoms with van der Waals surface area (Å²) in [4.78, 5) is 5.25. The van der Waals surface area contributed by atoms with Crippen LogP contribution >= 0.6 is 0 Å². The molecule has 0 aromatic heterocycles. The van der Waals surface area contributed by atoms with Crippen molar-refractivity contribution in [1.82, 2.24) is 0 Å². The van der Waals surface area contributed by atoms with Crippen molar-refractivity contribution < 1.29 is 9.48 Å². The first-order valence-corrected chi connectivity index (χ1v) is 3.20. The first kappa shape index (κ1) is 7.09. The van der Waals surface area contributed by atoms with Crippen molar-refractivity contribution in [2.45, 2.75) is 6.92 Å². The van der Waals surface area contributed by atoms with E-state index in [-0.39, 0.29) is 0 Å². The lowest BCUT2D eigenvalue weighted by Gasteiger charge is -2.23. The maximum atomic E-state index is 5.25. The van der Waals surface area contributed by atoms with E-state index in [1.54, 1.807) is 12.5 Å². The quantitative estimate of drug-likeness (QED) is 0.503. The summed E-state index contributed by atoms with van der Waals surface area (Å²) in [5.41, 5.74) is 1.19. The van der Waals surface area contributed by atoms with E-state index in [0.717, 1.165) is 0 Å². The Labute approximate surface area is 61.3 Å². The second-order valence-electron chi connectivity index (χ2n) is 2.52. The minimum atomic E-state index is 0.322. The molecule has 0 aliphatic carbocycles. The van der Waals surface area contributed by atoms with Crippen LogP contribution in [0.3, 0.4) is 0 Å². The molecule has 0 aromatic rings. The molecule has 1 heterocycles. The summed E-state index contributed by atoms with van der Waals surface area (Å²) in [7, 11) is 1.92. The van der Waals surface area contributed by atoms with E-state index in [2.05, 4.69) is 6.58 Å². The van der Waals surface area contributed by atoms with Crippen molar-refractivity contribution in [3.63, 3.8) is 0 Å². The highest BCUT2D eigenvalue weighted by Gasteiger charge is 2.18. The smallest absolute Gasteiger partial charge is 0.156 e. The SMILES string of the molecule is C=C[N+]1(C)C=C(C)C=CO1. The molecule has 0 bridgehead atoms. The summed E-state index contributed by atoms with van der Waals surface area (Å²) in [6, 6.07) is 0. The lowest BCUT2D eigenvalue weighted by atomic mass is 10.3. The fourth-order valence-electron chi connectivity index (χ4n) is 0.842. The zero-order chi connectivity index (χ0) is 7.61. The molecule has 1 unspecified atom stereocenters. The van der Waals surface area contributed by atoms with Crippen molar-refractivity contribution in [2.75, 3.05) is 7.05 Å². The molecule has 0 amide bonds. The highest BCUT2D eigenvalue weighted by atomic mass is 16.7. The molecule has 1 rings (SSSR count). The van der Waals surface area contributed by atoms with Crippen LogP contribution in [0.4, 0.5) is 0 Å². The molecule has 2 heteroatoms. The van der Waals surface area contributed by atoms with Crippen LogP contribution in [0.1, 0.15) is 6.92 Å². The Morgan fingerprint density at radius 3 is 2.80 bits per heavy atom. The normalized spacial score (nSPS) is 30.8. The number of hydrogen-bond donors (Lipinski definition) is 0. The summed E-state index contributed by atoms with van der Waals surface area (Å²) in [6.45, 7) is 5.69. The van der Waals surface area contributed by atoms with Gasteiger partial charge in [0, 0.05) is 5.57 Å². The lowest BCUT2D eigenvalue weighted by molar-refractivity contribution is -1.000. The van der Waals surface area contributed by atoms with E-state index >= 15 is 0 Å². The van der Waals surface area contributed by atoms with E-state index in [1.165, 1.54) is 5.57 Å². The molecular weight excluding hydrogens is 126 g/mol. The largest absolute Gasteiger partial charge is 0.313 e. The summed E-state index contributed by atoms with van der Waals surface area (Å²) >= 11 is 0. The van der Waals surface area contributed by atoms with E-state index in [1.807, 2.05) is 26.2 Å². The third-order valence-corrected chi connectivity index (χ3v) is 1.44. The van der Waals surface area contributed by atoms with Gasteiger partial charge in [0.25, 0.3) is 0 Å². The van der Waals surface area contributed by atoms with E-state index in [4.69, 9.17) is 4.84 Å². The van der Waals surface area contributed by atoms with Gasteiger partial charge < -0.3 is 4.84 Å². The van der Waals surface area contributed by atoms with Crippen LogP contribution in [0.5, 0.6) is 0 Å². The van der Waals surface area contributed by atoms with Crippen molar-refractivity contribution >= 4 is 0 Å². The molecule has 54 valence electrons. The van der Waals surface area contributed by atoms with Gasteiger partial charge in [-0.15, -0.1) is 0 Å². The van der Waals surface area contributed by atoms with Gasteiger partial charge in [0.2, 0.25) is 0 Å². The predicted octanol–water partition coefficient (Wildman–Crippen LogP) is 1.94. The number of allylic oxidation sites excluding steroid dienone is 2. The van der Waals surface area contributed by atoms with Gasteiger partial charge >= 0.3 is 0 Å². The van der Waals surface area contributed by atoms with Crippen molar-refractivity contribution in [3.8, 4) is 0 Å².